The third-order valence-electron chi connectivity index (χ3n) is 5.20. The zero-order valence-electron chi connectivity index (χ0n) is 18.2. The lowest BCUT2D eigenvalue weighted by atomic mass is 9.97. The van der Waals surface area contributed by atoms with E-state index in [1.165, 1.54) is 0 Å². The first-order chi connectivity index (χ1) is 13.5. The summed E-state index contributed by atoms with van der Waals surface area (Å²) in [5, 5.41) is 3.50. The normalized spacial score (nSPS) is 16.2. The predicted octanol–water partition coefficient (Wildman–Crippen LogP) is 2.77. The molecule has 1 aromatic carbocycles. The molecule has 8 heteroatoms. The van der Waals surface area contributed by atoms with E-state index >= 15 is 0 Å². The molecule has 0 amide bonds. The molecule has 1 fully saturated rings. The molecule has 0 saturated carbocycles. The van der Waals surface area contributed by atoms with Crippen LogP contribution in [0.3, 0.4) is 0 Å². The maximum atomic E-state index is 11.9. The van der Waals surface area contributed by atoms with Gasteiger partial charge in [0.25, 0.3) is 0 Å². The minimum Gasteiger partial charge on any atom is -0.496 e. The number of ether oxygens (including phenoxy) is 2. The molecule has 2 rings (SSSR count). The van der Waals surface area contributed by atoms with Crippen LogP contribution in [0.25, 0.3) is 0 Å². The lowest BCUT2D eigenvalue weighted by Crippen LogP contribution is -2.48. The monoisotopic (exact) mass is 518 g/mol. The summed E-state index contributed by atoms with van der Waals surface area (Å²) in [5.74, 6) is 1.67. The van der Waals surface area contributed by atoms with Gasteiger partial charge in [-0.15, -0.1) is 24.0 Å². The largest absolute Gasteiger partial charge is 0.496 e. The molecule has 164 valence electrons. The molecule has 29 heavy (non-hydrogen) atoms. The van der Waals surface area contributed by atoms with Crippen LogP contribution in [0, 0.1) is 5.92 Å². The number of guanidine groups is 1. The van der Waals surface area contributed by atoms with Crippen molar-refractivity contribution in [2.24, 2.45) is 10.9 Å². The minimum atomic E-state index is -0.0751. The number of hydrogen-bond acceptors (Lipinski definition) is 5. The van der Waals surface area contributed by atoms with Crippen LogP contribution in [0.1, 0.15) is 31.4 Å². The van der Waals surface area contributed by atoms with Crippen molar-refractivity contribution in [3.05, 3.63) is 29.8 Å². The number of aliphatic imine (C=N–C) groups is 1. The number of likely N-dealkylation sites (tertiary alicyclic amines) is 1. The van der Waals surface area contributed by atoms with Crippen LogP contribution >= 0.6 is 24.0 Å². The average Bonchev–Trinajstić information content (AvgIpc) is 2.71. The van der Waals surface area contributed by atoms with Gasteiger partial charge in [0.15, 0.2) is 5.96 Å². The number of nitrogens with zero attached hydrogens (tertiary/aromatic N) is 3. The number of carbonyl (C=O) groups is 1. The van der Waals surface area contributed by atoms with Crippen LogP contribution in [0.4, 0.5) is 0 Å². The Morgan fingerprint density at radius 1 is 1.31 bits per heavy atom. The van der Waals surface area contributed by atoms with E-state index in [0.717, 1.165) is 43.2 Å². The molecule has 1 aliphatic heterocycles. The summed E-state index contributed by atoms with van der Waals surface area (Å²) < 4.78 is 10.7. The number of benzene rings is 1. The number of esters is 1. The van der Waals surface area contributed by atoms with Gasteiger partial charge in [-0.1, -0.05) is 18.2 Å². The number of nitrogens with one attached hydrogen (secondary N) is 1. The summed E-state index contributed by atoms with van der Waals surface area (Å²) >= 11 is 0. The molecule has 0 aliphatic carbocycles. The third-order valence-corrected chi connectivity index (χ3v) is 5.20. The van der Waals surface area contributed by atoms with Gasteiger partial charge in [0, 0.05) is 32.2 Å². The predicted molar refractivity (Wildman–Crippen MR) is 127 cm³/mol. The lowest BCUT2D eigenvalue weighted by molar-refractivity contribution is -0.149. The van der Waals surface area contributed by atoms with Crippen molar-refractivity contribution in [1.29, 1.82) is 0 Å². The van der Waals surface area contributed by atoms with Gasteiger partial charge < -0.3 is 24.6 Å². The third kappa shape index (κ3) is 7.02. The molecule has 1 atom stereocenters. The summed E-state index contributed by atoms with van der Waals surface area (Å²) in [7, 11) is 7.62. The molecule has 1 unspecified atom stereocenters. The van der Waals surface area contributed by atoms with Crippen molar-refractivity contribution >= 4 is 35.9 Å². The van der Waals surface area contributed by atoms with E-state index in [1.54, 1.807) is 14.2 Å². The first-order valence-electron chi connectivity index (χ1n) is 9.93. The standard InChI is InChI=1S/C21H34N4O3.HI/c1-6-28-20(26)16-11-13-25(14-12-16)21(22-2)23-15-18(24(3)4)17-9-7-8-10-19(17)27-5;/h7-10,16,18H,6,11-15H2,1-5H3,(H,22,23);1H. The van der Waals surface area contributed by atoms with Gasteiger partial charge >= 0.3 is 5.97 Å². The zero-order valence-corrected chi connectivity index (χ0v) is 20.5. The number of methoxy groups -OCH3 is 1. The summed E-state index contributed by atoms with van der Waals surface area (Å²) in [5.41, 5.74) is 1.14. The number of para-hydroxylation sites is 1. The second-order valence-corrected chi connectivity index (χ2v) is 7.16. The Hall–Kier alpha value is -1.55. The number of piperidine rings is 1. The highest BCUT2D eigenvalue weighted by Crippen LogP contribution is 2.27. The number of likely N-dealkylation sites (N-methyl/N-ethyl adjacent to an activating group) is 1. The molecule has 0 bridgehead atoms. The van der Waals surface area contributed by atoms with E-state index < -0.39 is 0 Å². The van der Waals surface area contributed by atoms with E-state index in [9.17, 15) is 4.79 Å². The summed E-state index contributed by atoms with van der Waals surface area (Å²) in [6.07, 6.45) is 1.59. The fourth-order valence-electron chi connectivity index (χ4n) is 3.62. The Labute approximate surface area is 191 Å². The van der Waals surface area contributed by atoms with Crippen LogP contribution in [0.15, 0.2) is 29.3 Å². The van der Waals surface area contributed by atoms with Gasteiger partial charge in [-0.3, -0.25) is 9.79 Å². The van der Waals surface area contributed by atoms with Crippen LogP contribution in [-0.4, -0.2) is 76.2 Å². The second-order valence-electron chi connectivity index (χ2n) is 7.16. The Bertz CT molecular complexity index is 661. The Balaban J connectivity index is 0.00000420. The van der Waals surface area contributed by atoms with Crippen LogP contribution in [0.2, 0.25) is 0 Å². The molecule has 1 N–H and O–H groups in total. The zero-order chi connectivity index (χ0) is 20.5. The van der Waals surface area contributed by atoms with E-state index in [2.05, 4.69) is 40.3 Å². The van der Waals surface area contributed by atoms with Crippen molar-refractivity contribution in [1.82, 2.24) is 15.1 Å². The van der Waals surface area contributed by atoms with Crippen molar-refractivity contribution in [3.8, 4) is 5.75 Å². The fourth-order valence-corrected chi connectivity index (χ4v) is 3.62. The Kier molecular flexibility index (Phi) is 11.3. The Morgan fingerprint density at radius 3 is 2.52 bits per heavy atom. The van der Waals surface area contributed by atoms with Crippen molar-refractivity contribution in [2.75, 3.05) is 54.5 Å². The average molecular weight is 518 g/mol. The molecule has 7 nitrogen and oxygen atoms in total. The first kappa shape index (κ1) is 25.5. The molecular weight excluding hydrogens is 483 g/mol. The van der Waals surface area contributed by atoms with Gasteiger partial charge in [0.05, 0.1) is 25.7 Å². The van der Waals surface area contributed by atoms with Gasteiger partial charge in [0.2, 0.25) is 0 Å². The SMILES string of the molecule is CCOC(=O)C1CCN(C(=NC)NCC(c2ccccc2OC)N(C)C)CC1.I. The van der Waals surface area contributed by atoms with E-state index in [-0.39, 0.29) is 41.9 Å². The van der Waals surface area contributed by atoms with E-state index in [0.29, 0.717) is 13.2 Å². The van der Waals surface area contributed by atoms with Gasteiger partial charge in [-0.05, 0) is 39.9 Å². The number of hydrogen-bond donors (Lipinski definition) is 1. The second kappa shape index (κ2) is 12.9. The number of rotatable bonds is 7. The first-order valence-corrected chi connectivity index (χ1v) is 9.93. The molecule has 1 heterocycles. The number of halogens is 1. The topological polar surface area (TPSA) is 66.4 Å². The van der Waals surface area contributed by atoms with Crippen molar-refractivity contribution in [2.45, 2.75) is 25.8 Å². The van der Waals surface area contributed by atoms with Crippen molar-refractivity contribution in [3.63, 3.8) is 0 Å². The highest BCUT2D eigenvalue weighted by atomic mass is 127. The highest BCUT2D eigenvalue weighted by molar-refractivity contribution is 14.0. The number of carbonyl (C=O) groups excluding carboxylic acids is 1. The van der Waals surface area contributed by atoms with Crippen LogP contribution < -0.4 is 10.1 Å². The smallest absolute Gasteiger partial charge is 0.309 e. The Morgan fingerprint density at radius 2 is 1.97 bits per heavy atom. The summed E-state index contributed by atoms with van der Waals surface area (Å²) in [6, 6.07) is 8.24. The molecule has 1 aliphatic rings. The maximum absolute atomic E-state index is 11.9. The quantitative estimate of drug-likeness (QED) is 0.259. The van der Waals surface area contributed by atoms with Crippen molar-refractivity contribution < 1.29 is 14.3 Å². The highest BCUT2D eigenvalue weighted by Gasteiger charge is 2.28. The molecular formula is C21H35IN4O3. The molecule has 0 aromatic heterocycles. The van der Waals surface area contributed by atoms with Gasteiger partial charge in [-0.2, -0.15) is 0 Å². The summed E-state index contributed by atoms with van der Waals surface area (Å²) in [4.78, 5) is 20.8. The van der Waals surface area contributed by atoms with E-state index in [1.807, 2.05) is 25.1 Å². The van der Waals surface area contributed by atoms with Gasteiger partial charge in [-0.25, -0.2) is 0 Å². The van der Waals surface area contributed by atoms with Gasteiger partial charge in [0.1, 0.15) is 5.75 Å². The molecule has 1 saturated heterocycles. The van der Waals surface area contributed by atoms with E-state index in [4.69, 9.17) is 9.47 Å². The maximum Gasteiger partial charge on any atom is 0.309 e. The molecule has 0 radical (unpaired) electrons. The minimum absolute atomic E-state index is 0. The fraction of sp³-hybridized carbons (Fsp3) is 0.619. The molecule has 0 spiro atoms. The summed E-state index contributed by atoms with van der Waals surface area (Å²) in [6.45, 7) is 4.59. The molecule has 1 aromatic rings. The lowest BCUT2D eigenvalue weighted by Gasteiger charge is -2.34. The van der Waals surface area contributed by atoms with Crippen LogP contribution in [0.5, 0.6) is 5.75 Å². The van der Waals surface area contributed by atoms with Crippen LogP contribution in [-0.2, 0) is 9.53 Å².